The average Bonchev–Trinajstić information content (AvgIpc) is 3.29. The lowest BCUT2D eigenvalue weighted by molar-refractivity contribution is -0.128. The number of amides is 3. The zero-order chi connectivity index (χ0) is 23.1. The molecule has 3 heterocycles. The molecule has 2 aliphatic heterocycles. The van der Waals surface area contributed by atoms with Crippen LogP contribution in [0, 0.1) is 0 Å². The molecule has 0 radical (unpaired) electrons. The van der Waals surface area contributed by atoms with Gasteiger partial charge in [0.1, 0.15) is 17.5 Å². The first-order chi connectivity index (χ1) is 16.0. The molecule has 1 aromatic heterocycles. The van der Waals surface area contributed by atoms with E-state index in [1.165, 1.54) is 4.90 Å². The Morgan fingerprint density at radius 2 is 2.06 bits per heavy atom. The summed E-state index contributed by atoms with van der Waals surface area (Å²) in [4.78, 5) is 33.5. The molecule has 1 unspecified atom stereocenters. The number of fused-ring (bicyclic) bond motifs is 4. The number of benzene rings is 2. The molecule has 8 heteroatoms. The molecule has 2 aliphatic rings. The van der Waals surface area contributed by atoms with E-state index in [0.29, 0.717) is 25.8 Å². The number of carbonyl (C=O) groups is 2. The van der Waals surface area contributed by atoms with Gasteiger partial charge in [-0.1, -0.05) is 12.1 Å². The Kier molecular flexibility index (Phi) is 5.46. The molecule has 2 aromatic carbocycles. The van der Waals surface area contributed by atoms with Crippen LogP contribution >= 0.6 is 0 Å². The minimum Gasteiger partial charge on any atom is -0.508 e. The fourth-order valence-electron chi connectivity index (χ4n) is 5.14. The number of aromatic nitrogens is 1. The van der Waals surface area contributed by atoms with Crippen LogP contribution in [0.25, 0.3) is 10.9 Å². The number of carbonyl (C=O) groups excluding carboxylic acids is 2. The Bertz CT molecular complexity index is 1220. The number of methoxy groups -OCH3 is 1. The van der Waals surface area contributed by atoms with E-state index in [9.17, 15) is 14.7 Å². The number of ether oxygens (including phenoxy) is 1. The Morgan fingerprint density at radius 3 is 2.82 bits per heavy atom. The highest BCUT2D eigenvalue weighted by Crippen LogP contribution is 2.43. The third-order valence-corrected chi connectivity index (χ3v) is 6.70. The predicted octanol–water partition coefficient (Wildman–Crippen LogP) is 2.96. The maximum Gasteiger partial charge on any atom is 0.328 e. The molecule has 1 saturated heterocycles. The second kappa shape index (κ2) is 8.44. The SMILES string of the molecule is CNCCCN1C(=O)[C@@H]2Cc3c([nH]c4ccc(OC)cc34)C(Cc3cccc(O)c3)N2C1=O. The number of phenolic OH excluding ortho intramolecular Hbond substituents is 1. The van der Waals surface area contributed by atoms with Crippen molar-refractivity contribution in [1.29, 1.82) is 0 Å². The van der Waals surface area contributed by atoms with Gasteiger partial charge in [-0.15, -0.1) is 0 Å². The van der Waals surface area contributed by atoms with E-state index in [4.69, 9.17) is 4.74 Å². The summed E-state index contributed by atoms with van der Waals surface area (Å²) in [6.07, 6.45) is 1.66. The summed E-state index contributed by atoms with van der Waals surface area (Å²) in [5.74, 6) is 0.790. The maximum absolute atomic E-state index is 13.5. The lowest BCUT2D eigenvalue weighted by Gasteiger charge is -2.36. The van der Waals surface area contributed by atoms with Crippen LogP contribution in [0.3, 0.4) is 0 Å². The third kappa shape index (κ3) is 3.60. The number of H-pyrrole nitrogens is 1. The van der Waals surface area contributed by atoms with Crippen LogP contribution in [-0.2, 0) is 17.6 Å². The number of urea groups is 1. The smallest absolute Gasteiger partial charge is 0.328 e. The zero-order valence-corrected chi connectivity index (χ0v) is 18.8. The minimum atomic E-state index is -0.535. The summed E-state index contributed by atoms with van der Waals surface area (Å²) in [7, 11) is 3.49. The highest BCUT2D eigenvalue weighted by Gasteiger charge is 2.51. The van der Waals surface area contributed by atoms with E-state index >= 15 is 0 Å². The normalized spacial score (nSPS) is 19.8. The van der Waals surface area contributed by atoms with Gasteiger partial charge in [-0.25, -0.2) is 4.79 Å². The van der Waals surface area contributed by atoms with Crippen molar-refractivity contribution in [3.8, 4) is 11.5 Å². The molecule has 2 atom stereocenters. The van der Waals surface area contributed by atoms with Gasteiger partial charge in [0.15, 0.2) is 0 Å². The number of aromatic amines is 1. The van der Waals surface area contributed by atoms with E-state index in [1.807, 2.05) is 31.3 Å². The van der Waals surface area contributed by atoms with Gasteiger partial charge in [0.2, 0.25) is 0 Å². The number of hydrogen-bond acceptors (Lipinski definition) is 5. The molecule has 5 rings (SSSR count). The van der Waals surface area contributed by atoms with Gasteiger partial charge in [0.05, 0.1) is 13.2 Å². The van der Waals surface area contributed by atoms with Crippen LogP contribution in [0.15, 0.2) is 42.5 Å². The second-order valence-electron chi connectivity index (χ2n) is 8.68. The Balaban J connectivity index is 1.59. The molecule has 3 amide bonds. The lowest BCUT2D eigenvalue weighted by Crippen LogP contribution is -2.44. The van der Waals surface area contributed by atoms with Crippen LogP contribution in [0.1, 0.15) is 29.3 Å². The lowest BCUT2D eigenvalue weighted by atomic mass is 9.89. The molecule has 0 aliphatic carbocycles. The number of nitrogens with one attached hydrogen (secondary N) is 2. The first kappa shape index (κ1) is 21.3. The fourth-order valence-corrected chi connectivity index (χ4v) is 5.14. The first-order valence-electron chi connectivity index (χ1n) is 11.3. The van der Waals surface area contributed by atoms with Crippen LogP contribution in [-0.4, -0.2) is 65.1 Å². The molecule has 0 spiro atoms. The van der Waals surface area contributed by atoms with E-state index in [-0.39, 0.29) is 23.7 Å². The molecular weight excluding hydrogens is 420 g/mol. The van der Waals surface area contributed by atoms with Crippen molar-refractivity contribution < 1.29 is 19.4 Å². The molecule has 3 aromatic rings. The van der Waals surface area contributed by atoms with Crippen LogP contribution in [0.2, 0.25) is 0 Å². The molecule has 8 nitrogen and oxygen atoms in total. The van der Waals surface area contributed by atoms with E-state index in [0.717, 1.165) is 40.0 Å². The number of phenols is 1. The number of nitrogens with zero attached hydrogens (tertiary/aromatic N) is 2. The van der Waals surface area contributed by atoms with Crippen molar-refractivity contribution in [1.82, 2.24) is 20.1 Å². The van der Waals surface area contributed by atoms with Gasteiger partial charge in [-0.3, -0.25) is 9.69 Å². The summed E-state index contributed by atoms with van der Waals surface area (Å²) in [6.45, 7) is 1.13. The fraction of sp³-hybridized carbons (Fsp3) is 0.360. The zero-order valence-electron chi connectivity index (χ0n) is 18.8. The molecular formula is C25H28N4O4. The molecule has 1 fully saturated rings. The minimum absolute atomic E-state index is 0.139. The first-order valence-corrected chi connectivity index (χ1v) is 11.3. The Labute approximate surface area is 192 Å². The number of rotatable bonds is 7. The van der Waals surface area contributed by atoms with Crippen LogP contribution < -0.4 is 10.1 Å². The van der Waals surface area contributed by atoms with E-state index < -0.39 is 6.04 Å². The second-order valence-corrected chi connectivity index (χ2v) is 8.68. The Hall–Kier alpha value is -3.52. The molecule has 172 valence electrons. The summed E-state index contributed by atoms with van der Waals surface area (Å²) in [5, 5.41) is 14.1. The van der Waals surface area contributed by atoms with Gasteiger partial charge in [0, 0.05) is 29.6 Å². The summed E-state index contributed by atoms with van der Waals surface area (Å²) in [6, 6.07) is 11.8. The largest absolute Gasteiger partial charge is 0.508 e. The molecule has 33 heavy (non-hydrogen) atoms. The number of imide groups is 1. The van der Waals surface area contributed by atoms with Gasteiger partial charge in [0.25, 0.3) is 5.91 Å². The Morgan fingerprint density at radius 1 is 1.21 bits per heavy atom. The topological polar surface area (TPSA) is 97.9 Å². The molecule has 0 bridgehead atoms. The van der Waals surface area contributed by atoms with E-state index in [2.05, 4.69) is 10.3 Å². The van der Waals surface area contributed by atoms with Gasteiger partial charge in [-0.05, 0) is 67.9 Å². The van der Waals surface area contributed by atoms with Crippen molar-refractivity contribution >= 4 is 22.8 Å². The van der Waals surface area contributed by atoms with Crippen LogP contribution in [0.5, 0.6) is 11.5 Å². The number of hydrogen-bond donors (Lipinski definition) is 3. The van der Waals surface area contributed by atoms with Gasteiger partial charge in [-0.2, -0.15) is 0 Å². The number of aromatic hydroxyl groups is 1. The summed E-state index contributed by atoms with van der Waals surface area (Å²) >= 11 is 0. The van der Waals surface area contributed by atoms with Gasteiger partial charge >= 0.3 is 6.03 Å². The van der Waals surface area contributed by atoms with Crippen molar-refractivity contribution in [3.05, 3.63) is 59.3 Å². The maximum atomic E-state index is 13.5. The van der Waals surface area contributed by atoms with Crippen molar-refractivity contribution in [3.63, 3.8) is 0 Å². The van der Waals surface area contributed by atoms with E-state index in [1.54, 1.807) is 30.2 Å². The van der Waals surface area contributed by atoms with Gasteiger partial charge < -0.3 is 25.0 Å². The molecule has 3 N–H and O–H groups in total. The monoisotopic (exact) mass is 448 g/mol. The highest BCUT2D eigenvalue weighted by atomic mass is 16.5. The van der Waals surface area contributed by atoms with Crippen molar-refractivity contribution in [2.45, 2.75) is 31.3 Å². The highest BCUT2D eigenvalue weighted by molar-refractivity contribution is 6.05. The summed E-state index contributed by atoms with van der Waals surface area (Å²) in [5.41, 5.74) is 3.84. The molecule has 0 saturated carbocycles. The quantitative estimate of drug-likeness (QED) is 0.381. The van der Waals surface area contributed by atoms with Crippen LogP contribution in [0.4, 0.5) is 4.79 Å². The van der Waals surface area contributed by atoms with Crippen molar-refractivity contribution in [2.24, 2.45) is 0 Å². The third-order valence-electron chi connectivity index (χ3n) is 6.70. The predicted molar refractivity (Wildman–Crippen MR) is 124 cm³/mol. The summed E-state index contributed by atoms with van der Waals surface area (Å²) < 4.78 is 5.43. The average molecular weight is 449 g/mol. The standard InChI is InChI=1S/C25H28N4O4/c1-26-9-4-10-28-24(31)22-14-19-18-13-17(33-2)7-8-20(18)27-23(19)21(29(22)25(28)32)12-15-5-3-6-16(30)11-15/h3,5-8,11,13,21-22,26-27,30H,4,9-10,12,14H2,1-2H3/t21?,22-/m0/s1. The van der Waals surface area contributed by atoms with Crippen molar-refractivity contribution in [2.75, 3.05) is 27.2 Å².